The molecule has 0 aliphatic carbocycles. The van der Waals surface area contributed by atoms with Crippen molar-refractivity contribution in [3.05, 3.63) is 81.5 Å². The van der Waals surface area contributed by atoms with Gasteiger partial charge in [0.25, 0.3) is 5.56 Å². The highest BCUT2D eigenvalue weighted by Gasteiger charge is 2.13. The van der Waals surface area contributed by atoms with Crippen molar-refractivity contribution < 1.29 is 4.79 Å². The van der Waals surface area contributed by atoms with Gasteiger partial charge in [-0.05, 0) is 55.3 Å². The van der Waals surface area contributed by atoms with Gasteiger partial charge in [-0.3, -0.25) is 14.2 Å². The summed E-state index contributed by atoms with van der Waals surface area (Å²) >= 11 is 6.04. The van der Waals surface area contributed by atoms with Crippen LogP contribution in [0.1, 0.15) is 11.1 Å². The molecular formula is C21H18ClN5O2. The number of hydrogen-bond acceptors (Lipinski definition) is 4. The van der Waals surface area contributed by atoms with Crippen LogP contribution in [0.25, 0.3) is 16.7 Å². The fraction of sp³-hybridized carbons (Fsp3) is 0.143. The van der Waals surface area contributed by atoms with E-state index in [1.54, 1.807) is 22.9 Å². The van der Waals surface area contributed by atoms with E-state index in [0.29, 0.717) is 27.4 Å². The Morgan fingerprint density at radius 3 is 2.62 bits per heavy atom. The number of nitrogens with zero attached hydrogens (tertiary/aromatic N) is 4. The summed E-state index contributed by atoms with van der Waals surface area (Å²) in [5.41, 5.74) is 3.57. The molecule has 0 aliphatic heterocycles. The summed E-state index contributed by atoms with van der Waals surface area (Å²) in [7, 11) is 0. The summed E-state index contributed by atoms with van der Waals surface area (Å²) in [6, 6.07) is 12.9. The minimum atomic E-state index is -0.334. The first-order valence-electron chi connectivity index (χ1n) is 8.98. The van der Waals surface area contributed by atoms with Crippen LogP contribution in [0.3, 0.4) is 0 Å². The van der Waals surface area contributed by atoms with Gasteiger partial charge in [-0.1, -0.05) is 23.7 Å². The SMILES string of the molecule is Cc1cc(C)cc(NC(=O)Cn2cnc3c(cnn3-c3cccc(Cl)c3)c2=O)c1. The van der Waals surface area contributed by atoms with Crippen LogP contribution in [0.4, 0.5) is 5.69 Å². The van der Waals surface area contributed by atoms with Crippen molar-refractivity contribution in [2.45, 2.75) is 20.4 Å². The lowest BCUT2D eigenvalue weighted by atomic mass is 10.1. The number of aromatic nitrogens is 4. The van der Waals surface area contributed by atoms with Crippen molar-refractivity contribution >= 4 is 34.2 Å². The fourth-order valence-corrected chi connectivity index (χ4v) is 3.44. The Morgan fingerprint density at radius 2 is 1.90 bits per heavy atom. The van der Waals surface area contributed by atoms with E-state index in [9.17, 15) is 9.59 Å². The third kappa shape index (κ3) is 3.90. The monoisotopic (exact) mass is 407 g/mol. The quantitative estimate of drug-likeness (QED) is 0.561. The van der Waals surface area contributed by atoms with Crippen LogP contribution in [0.2, 0.25) is 5.02 Å². The number of hydrogen-bond donors (Lipinski definition) is 1. The minimum Gasteiger partial charge on any atom is -0.325 e. The molecule has 1 N–H and O–H groups in total. The highest BCUT2D eigenvalue weighted by molar-refractivity contribution is 6.30. The standard InChI is InChI=1S/C21H18ClN5O2/c1-13-6-14(2)8-16(7-13)25-19(28)11-26-12-23-20-18(21(26)29)10-24-27(20)17-5-3-4-15(22)9-17/h3-10,12H,11H2,1-2H3,(H,25,28). The van der Waals surface area contributed by atoms with Gasteiger partial charge >= 0.3 is 0 Å². The van der Waals surface area contributed by atoms with E-state index in [2.05, 4.69) is 15.4 Å². The van der Waals surface area contributed by atoms with Crippen LogP contribution < -0.4 is 10.9 Å². The number of carbonyl (C=O) groups excluding carboxylic acids is 1. The topological polar surface area (TPSA) is 81.8 Å². The minimum absolute atomic E-state index is 0.142. The Kier molecular flexibility index (Phi) is 4.90. The normalized spacial score (nSPS) is 11.0. The van der Waals surface area contributed by atoms with Gasteiger partial charge in [-0.15, -0.1) is 0 Å². The van der Waals surface area contributed by atoms with Crippen molar-refractivity contribution in [3.63, 3.8) is 0 Å². The van der Waals surface area contributed by atoms with Crippen LogP contribution in [0.15, 0.2) is 59.8 Å². The smallest absolute Gasteiger partial charge is 0.264 e. The number of anilines is 1. The fourth-order valence-electron chi connectivity index (χ4n) is 3.26. The molecule has 0 radical (unpaired) electrons. The molecule has 146 valence electrons. The Labute approximate surface area is 171 Å². The number of carbonyl (C=O) groups is 1. The van der Waals surface area contributed by atoms with Gasteiger partial charge in [0, 0.05) is 10.7 Å². The van der Waals surface area contributed by atoms with Crippen molar-refractivity contribution in [3.8, 4) is 5.69 Å². The first-order chi connectivity index (χ1) is 13.9. The molecule has 2 aromatic heterocycles. The van der Waals surface area contributed by atoms with Crippen molar-refractivity contribution in [2.24, 2.45) is 0 Å². The highest BCUT2D eigenvalue weighted by Crippen LogP contribution is 2.18. The lowest BCUT2D eigenvalue weighted by molar-refractivity contribution is -0.116. The zero-order valence-corrected chi connectivity index (χ0v) is 16.6. The van der Waals surface area contributed by atoms with Gasteiger partial charge in [0.1, 0.15) is 18.3 Å². The summed E-state index contributed by atoms with van der Waals surface area (Å²) in [4.78, 5) is 29.6. The third-order valence-electron chi connectivity index (χ3n) is 4.43. The maximum Gasteiger partial charge on any atom is 0.264 e. The van der Waals surface area contributed by atoms with Crippen LogP contribution in [-0.4, -0.2) is 25.2 Å². The second-order valence-electron chi connectivity index (χ2n) is 6.88. The average molecular weight is 408 g/mol. The number of rotatable bonds is 4. The molecule has 0 unspecified atom stereocenters. The van der Waals surface area contributed by atoms with E-state index < -0.39 is 0 Å². The van der Waals surface area contributed by atoms with E-state index in [1.807, 2.05) is 38.1 Å². The molecule has 0 saturated carbocycles. The van der Waals surface area contributed by atoms with Crippen molar-refractivity contribution in [2.75, 3.05) is 5.32 Å². The van der Waals surface area contributed by atoms with Crippen molar-refractivity contribution in [1.29, 1.82) is 0 Å². The molecule has 4 rings (SSSR count). The molecule has 29 heavy (non-hydrogen) atoms. The number of fused-ring (bicyclic) bond motifs is 1. The molecule has 7 nitrogen and oxygen atoms in total. The van der Waals surface area contributed by atoms with Crippen LogP contribution in [-0.2, 0) is 11.3 Å². The number of benzene rings is 2. The lowest BCUT2D eigenvalue weighted by Crippen LogP contribution is -2.27. The predicted octanol–water partition coefficient (Wildman–Crippen LogP) is 3.49. The number of amides is 1. The van der Waals surface area contributed by atoms with E-state index >= 15 is 0 Å². The molecule has 0 saturated heterocycles. The molecule has 2 aromatic carbocycles. The molecule has 0 spiro atoms. The van der Waals surface area contributed by atoms with Gasteiger partial charge in [0.15, 0.2) is 5.65 Å². The molecule has 0 atom stereocenters. The van der Waals surface area contributed by atoms with Crippen LogP contribution >= 0.6 is 11.6 Å². The highest BCUT2D eigenvalue weighted by atomic mass is 35.5. The summed E-state index contributed by atoms with van der Waals surface area (Å²) in [5.74, 6) is -0.305. The molecule has 2 heterocycles. The molecule has 4 aromatic rings. The summed E-state index contributed by atoms with van der Waals surface area (Å²) < 4.78 is 2.81. The Balaban J connectivity index is 1.61. The average Bonchev–Trinajstić information content (AvgIpc) is 3.08. The number of aryl methyl sites for hydroxylation is 2. The lowest BCUT2D eigenvalue weighted by Gasteiger charge is -2.09. The Morgan fingerprint density at radius 1 is 1.14 bits per heavy atom. The number of halogens is 1. The number of nitrogens with one attached hydrogen (secondary N) is 1. The summed E-state index contributed by atoms with van der Waals surface area (Å²) in [5, 5.41) is 7.96. The summed E-state index contributed by atoms with van der Waals surface area (Å²) in [6.45, 7) is 3.78. The molecule has 1 amide bonds. The molecule has 0 aliphatic rings. The maximum atomic E-state index is 12.8. The molecule has 0 fully saturated rings. The summed E-state index contributed by atoms with van der Waals surface area (Å²) in [6.07, 6.45) is 2.80. The first-order valence-corrected chi connectivity index (χ1v) is 9.36. The molecule has 8 heteroatoms. The van der Waals surface area contributed by atoms with Gasteiger partial charge in [-0.25, -0.2) is 9.67 Å². The van der Waals surface area contributed by atoms with E-state index in [0.717, 1.165) is 11.1 Å². The van der Waals surface area contributed by atoms with Crippen molar-refractivity contribution in [1.82, 2.24) is 19.3 Å². The van der Waals surface area contributed by atoms with Gasteiger partial charge < -0.3 is 5.32 Å². The zero-order chi connectivity index (χ0) is 20.5. The van der Waals surface area contributed by atoms with Gasteiger partial charge in [0.2, 0.25) is 5.91 Å². The van der Waals surface area contributed by atoms with Gasteiger partial charge in [-0.2, -0.15) is 5.10 Å². The molecule has 0 bridgehead atoms. The second-order valence-corrected chi connectivity index (χ2v) is 7.31. The second kappa shape index (κ2) is 7.52. The van der Waals surface area contributed by atoms with Crippen LogP contribution in [0, 0.1) is 13.8 Å². The Hall–Kier alpha value is -3.45. The van der Waals surface area contributed by atoms with Gasteiger partial charge in [0.05, 0.1) is 11.9 Å². The van der Waals surface area contributed by atoms with E-state index in [4.69, 9.17) is 11.6 Å². The third-order valence-corrected chi connectivity index (χ3v) is 4.66. The van der Waals surface area contributed by atoms with E-state index in [-0.39, 0.29) is 18.0 Å². The van der Waals surface area contributed by atoms with E-state index in [1.165, 1.54) is 17.1 Å². The van der Waals surface area contributed by atoms with Crippen LogP contribution in [0.5, 0.6) is 0 Å². The first kappa shape index (κ1) is 18.9. The maximum absolute atomic E-state index is 12.8. The predicted molar refractivity (Wildman–Crippen MR) is 113 cm³/mol. The largest absolute Gasteiger partial charge is 0.325 e. The molecular weight excluding hydrogens is 390 g/mol. The Bertz CT molecular complexity index is 1270. The zero-order valence-electron chi connectivity index (χ0n) is 15.9.